The summed E-state index contributed by atoms with van der Waals surface area (Å²) in [6, 6.07) is 17.4. The molecule has 0 unspecified atom stereocenters. The van der Waals surface area contributed by atoms with Crippen LogP contribution in [0.2, 0.25) is 0 Å². The molecule has 5 atom stereocenters. The molecule has 0 bridgehead atoms. The number of aromatic nitrogens is 1. The molecule has 1 aliphatic carbocycles. The lowest BCUT2D eigenvalue weighted by molar-refractivity contribution is -0.0816. The normalized spacial score (nSPS) is 29.6. The Hall–Kier alpha value is -4.04. The molecule has 9 nitrogen and oxygen atoms in total. The third-order valence-electron chi connectivity index (χ3n) is 8.29. The van der Waals surface area contributed by atoms with Gasteiger partial charge in [0.2, 0.25) is 0 Å². The number of rotatable bonds is 7. The second kappa shape index (κ2) is 9.27. The van der Waals surface area contributed by atoms with E-state index in [-0.39, 0.29) is 6.61 Å². The molecule has 0 amide bonds. The van der Waals surface area contributed by atoms with Gasteiger partial charge in [0.1, 0.15) is 35.5 Å². The van der Waals surface area contributed by atoms with Crippen molar-refractivity contribution in [3.63, 3.8) is 0 Å². The number of amidine groups is 1. The van der Waals surface area contributed by atoms with Crippen LogP contribution in [0, 0.1) is 23.1 Å². The largest absolute Gasteiger partial charge is 0.495 e. The number of ether oxygens (including phenoxy) is 3. The van der Waals surface area contributed by atoms with Crippen molar-refractivity contribution in [2.75, 3.05) is 41.5 Å². The number of aliphatic hydroxyl groups is 1. The maximum absolute atomic E-state index is 14.8. The molecule has 2 aromatic carbocycles. The molecule has 10 heteroatoms. The fourth-order valence-electron chi connectivity index (χ4n) is 6.97. The summed E-state index contributed by atoms with van der Waals surface area (Å²) in [7, 11) is 6.94. The van der Waals surface area contributed by atoms with Crippen LogP contribution in [0.3, 0.4) is 0 Å². The van der Waals surface area contributed by atoms with Gasteiger partial charge < -0.3 is 29.5 Å². The molecule has 0 radical (unpaired) electrons. The van der Waals surface area contributed by atoms with Gasteiger partial charge in [-0.1, -0.05) is 24.3 Å². The molecule has 206 valence electrons. The lowest BCUT2D eigenvalue weighted by Crippen LogP contribution is -2.63. The summed E-state index contributed by atoms with van der Waals surface area (Å²) in [5.41, 5.74) is -2.34. The summed E-state index contributed by atoms with van der Waals surface area (Å²) < 4.78 is 32.8. The first kappa shape index (κ1) is 26.2. The number of aliphatic imine (C=N–C) groups is 1. The minimum Gasteiger partial charge on any atom is -0.495 e. The average molecular weight is 544 g/mol. The van der Waals surface area contributed by atoms with Crippen LogP contribution in [0.5, 0.6) is 11.5 Å². The van der Waals surface area contributed by atoms with Crippen molar-refractivity contribution in [1.29, 1.82) is 5.26 Å². The number of hydrogen-bond acceptors (Lipinski definition) is 9. The number of halogens is 1. The van der Waals surface area contributed by atoms with Gasteiger partial charge in [-0.2, -0.15) is 5.26 Å². The lowest BCUT2D eigenvalue weighted by Gasteiger charge is -2.43. The van der Waals surface area contributed by atoms with Crippen LogP contribution in [-0.2, 0) is 15.9 Å². The average Bonchev–Trinajstić information content (AvgIpc) is 3.46. The Labute approximate surface area is 231 Å². The molecule has 3 heterocycles. The molecule has 1 spiro atoms. The van der Waals surface area contributed by atoms with Gasteiger partial charge in [-0.3, -0.25) is 4.98 Å². The highest BCUT2D eigenvalue weighted by atomic mass is 19.1. The Balaban J connectivity index is 1.74. The molecule has 6 rings (SSSR count). The van der Waals surface area contributed by atoms with Crippen LogP contribution in [0.15, 0.2) is 65.8 Å². The van der Waals surface area contributed by atoms with Crippen LogP contribution in [0.1, 0.15) is 28.3 Å². The molecular weight excluding hydrogens is 513 g/mol. The Morgan fingerprint density at radius 3 is 2.60 bits per heavy atom. The van der Waals surface area contributed by atoms with Crippen molar-refractivity contribution in [3.05, 3.63) is 89.0 Å². The summed E-state index contributed by atoms with van der Waals surface area (Å²) in [5.74, 6) is -0.257. The fourth-order valence-corrected chi connectivity index (χ4v) is 6.97. The number of benzene rings is 2. The van der Waals surface area contributed by atoms with E-state index in [1.54, 1.807) is 44.7 Å². The van der Waals surface area contributed by atoms with E-state index in [0.717, 1.165) is 0 Å². The molecule has 1 fully saturated rings. The van der Waals surface area contributed by atoms with Gasteiger partial charge in [0, 0.05) is 31.6 Å². The van der Waals surface area contributed by atoms with E-state index in [1.807, 2.05) is 37.2 Å². The molecular formula is C30H30FN5O4. The standard InChI is InChI=1S/C30H30FN5O4/c1-36(2)16-23-26(19-6-5-7-21(31)12-19)28(20-10-8-18(14-32)9-11-20)29(30(23,37)35-25(34-29)17-38-3)27-24(40-28)13-22(39-4)15-33-27/h5-13,15,23,26,37H,16-17H2,1-4H3,(H,34,35)/t23-,26-,28+,29-,30-/m1/s1. The van der Waals surface area contributed by atoms with Gasteiger partial charge in [-0.15, -0.1) is 0 Å². The second-order valence-electron chi connectivity index (χ2n) is 10.7. The lowest BCUT2D eigenvalue weighted by atomic mass is 9.69. The number of nitrogens with one attached hydrogen (secondary N) is 1. The molecule has 1 saturated carbocycles. The zero-order valence-electron chi connectivity index (χ0n) is 22.7. The highest BCUT2D eigenvalue weighted by molar-refractivity contribution is 5.89. The fraction of sp³-hybridized carbons (Fsp3) is 0.367. The van der Waals surface area contributed by atoms with Gasteiger partial charge in [0.05, 0.1) is 24.9 Å². The smallest absolute Gasteiger partial charge is 0.196 e. The molecule has 1 aromatic heterocycles. The van der Waals surface area contributed by atoms with Crippen molar-refractivity contribution < 1.29 is 23.7 Å². The number of nitrogens with zero attached hydrogens (tertiary/aromatic N) is 4. The topological polar surface area (TPSA) is 112 Å². The van der Waals surface area contributed by atoms with E-state index in [4.69, 9.17) is 24.2 Å². The number of hydrogen-bond donors (Lipinski definition) is 2. The predicted molar refractivity (Wildman–Crippen MR) is 145 cm³/mol. The van der Waals surface area contributed by atoms with E-state index in [1.165, 1.54) is 12.1 Å². The SMILES string of the molecule is COCC1=N[C@@]2(O)[C@H](CN(C)C)[C@@H](c3cccc(F)c3)[C@]3(c4ccc(C#N)cc4)Oc4cc(OC)cnc4[C@]23N1. The number of fused-ring (bicyclic) bond motifs is 1. The Morgan fingerprint density at radius 1 is 1.18 bits per heavy atom. The summed E-state index contributed by atoms with van der Waals surface area (Å²) in [6.07, 6.45) is 1.58. The highest BCUT2D eigenvalue weighted by Gasteiger charge is 2.85. The van der Waals surface area contributed by atoms with Crippen molar-refractivity contribution in [3.8, 4) is 17.6 Å². The van der Waals surface area contributed by atoms with Crippen LogP contribution < -0.4 is 14.8 Å². The highest BCUT2D eigenvalue weighted by Crippen LogP contribution is 2.73. The van der Waals surface area contributed by atoms with Crippen molar-refractivity contribution >= 4 is 5.84 Å². The molecule has 3 aromatic rings. The van der Waals surface area contributed by atoms with Gasteiger partial charge in [-0.25, -0.2) is 9.38 Å². The van der Waals surface area contributed by atoms with E-state index >= 15 is 0 Å². The van der Waals surface area contributed by atoms with E-state index < -0.39 is 34.5 Å². The van der Waals surface area contributed by atoms with Crippen molar-refractivity contribution in [2.45, 2.75) is 22.8 Å². The second-order valence-corrected chi connectivity index (χ2v) is 10.7. The van der Waals surface area contributed by atoms with E-state index in [9.17, 15) is 14.8 Å². The van der Waals surface area contributed by atoms with Crippen LogP contribution in [-0.4, -0.2) is 68.0 Å². The van der Waals surface area contributed by atoms with Gasteiger partial charge in [-0.05, 0) is 49.5 Å². The van der Waals surface area contributed by atoms with Crippen molar-refractivity contribution in [1.82, 2.24) is 15.2 Å². The Morgan fingerprint density at radius 2 is 1.95 bits per heavy atom. The molecule has 40 heavy (non-hydrogen) atoms. The minimum absolute atomic E-state index is 0.123. The quantitative estimate of drug-likeness (QED) is 0.468. The Bertz CT molecular complexity index is 1540. The third kappa shape index (κ3) is 3.35. The third-order valence-corrected chi connectivity index (χ3v) is 8.29. The molecule has 2 aliphatic heterocycles. The first-order chi connectivity index (χ1) is 19.2. The summed E-state index contributed by atoms with van der Waals surface area (Å²) in [4.78, 5) is 11.7. The monoisotopic (exact) mass is 543 g/mol. The maximum atomic E-state index is 14.8. The van der Waals surface area contributed by atoms with E-state index in [0.29, 0.717) is 46.3 Å². The maximum Gasteiger partial charge on any atom is 0.196 e. The van der Waals surface area contributed by atoms with Gasteiger partial charge in [0.25, 0.3) is 0 Å². The summed E-state index contributed by atoms with van der Waals surface area (Å²) >= 11 is 0. The van der Waals surface area contributed by atoms with E-state index in [2.05, 4.69) is 11.4 Å². The first-order valence-corrected chi connectivity index (χ1v) is 13.0. The molecule has 0 saturated heterocycles. The number of nitriles is 1. The number of pyridine rings is 1. The van der Waals surface area contributed by atoms with Crippen LogP contribution >= 0.6 is 0 Å². The van der Waals surface area contributed by atoms with Crippen LogP contribution in [0.25, 0.3) is 0 Å². The zero-order chi connectivity index (χ0) is 28.3. The first-order valence-electron chi connectivity index (χ1n) is 13.0. The Kier molecular flexibility index (Phi) is 6.07. The number of methoxy groups -OCH3 is 2. The summed E-state index contributed by atoms with van der Waals surface area (Å²) in [5, 5.41) is 26.0. The van der Waals surface area contributed by atoms with Gasteiger partial charge >= 0.3 is 0 Å². The molecule has 2 N–H and O–H groups in total. The molecule has 3 aliphatic rings. The van der Waals surface area contributed by atoms with Crippen molar-refractivity contribution in [2.24, 2.45) is 10.9 Å². The predicted octanol–water partition coefficient (Wildman–Crippen LogP) is 2.90. The summed E-state index contributed by atoms with van der Waals surface area (Å²) in [6.45, 7) is 0.524. The zero-order valence-corrected chi connectivity index (χ0v) is 22.7. The van der Waals surface area contributed by atoms with Crippen LogP contribution in [0.4, 0.5) is 4.39 Å². The van der Waals surface area contributed by atoms with Gasteiger partial charge in [0.15, 0.2) is 16.9 Å². The minimum atomic E-state index is -1.79.